The van der Waals surface area contributed by atoms with Gasteiger partial charge in [-0.3, -0.25) is 9.59 Å². The molecule has 3 rings (SSSR count). The Bertz CT molecular complexity index is 706. The maximum absolute atomic E-state index is 13.1. The van der Waals surface area contributed by atoms with E-state index in [1.807, 2.05) is 28.5 Å². The maximum atomic E-state index is 13.1. The van der Waals surface area contributed by atoms with Gasteiger partial charge in [0.05, 0.1) is 0 Å². The molecule has 0 unspecified atom stereocenters. The molecule has 0 radical (unpaired) electrons. The Morgan fingerprint density at radius 2 is 2.13 bits per heavy atom. The summed E-state index contributed by atoms with van der Waals surface area (Å²) in [5.74, 6) is 0.212. The fourth-order valence-corrected chi connectivity index (χ4v) is 3.73. The highest BCUT2D eigenvalue weighted by Crippen LogP contribution is 2.27. The molecule has 0 fully saturated rings. The minimum atomic E-state index is 0.0520. The lowest BCUT2D eigenvalue weighted by Crippen LogP contribution is -2.32. The van der Waals surface area contributed by atoms with Gasteiger partial charge in [0.15, 0.2) is 5.78 Å². The highest BCUT2D eigenvalue weighted by Gasteiger charge is 2.26. The number of unbranched alkanes of at least 4 members (excludes halogenated alkanes) is 1. The molecule has 120 valence electrons. The fraction of sp³-hybridized carbons (Fsp3) is 0.368. The zero-order valence-corrected chi connectivity index (χ0v) is 14.2. The third-order valence-corrected chi connectivity index (χ3v) is 5.06. The second kappa shape index (κ2) is 7.09. The standard InChI is InChI=1S/C19H21NO2S/c1-2-3-10-20(12-14-9-11-23-13-14)19(22)17-6-4-5-16-15(17)7-8-18(16)21/h4-6,9,11,13H,2-3,7-8,10,12H2,1H3. The predicted molar refractivity (Wildman–Crippen MR) is 93.1 cm³/mol. The summed E-state index contributed by atoms with van der Waals surface area (Å²) >= 11 is 1.65. The van der Waals surface area contributed by atoms with Crippen molar-refractivity contribution in [1.82, 2.24) is 4.90 Å². The maximum Gasteiger partial charge on any atom is 0.254 e. The molecule has 1 aromatic heterocycles. The minimum Gasteiger partial charge on any atom is -0.334 e. The number of hydrogen-bond donors (Lipinski definition) is 0. The van der Waals surface area contributed by atoms with Gasteiger partial charge in [-0.25, -0.2) is 0 Å². The molecule has 23 heavy (non-hydrogen) atoms. The van der Waals surface area contributed by atoms with Crippen LogP contribution >= 0.6 is 11.3 Å². The van der Waals surface area contributed by atoms with Crippen molar-refractivity contribution in [3.63, 3.8) is 0 Å². The van der Waals surface area contributed by atoms with Gasteiger partial charge in [-0.05, 0) is 46.9 Å². The van der Waals surface area contributed by atoms with Gasteiger partial charge in [0, 0.05) is 30.6 Å². The van der Waals surface area contributed by atoms with Gasteiger partial charge in [-0.2, -0.15) is 11.3 Å². The largest absolute Gasteiger partial charge is 0.334 e. The molecule has 1 amide bonds. The van der Waals surface area contributed by atoms with Gasteiger partial charge < -0.3 is 4.90 Å². The van der Waals surface area contributed by atoms with E-state index in [2.05, 4.69) is 18.4 Å². The molecule has 0 aliphatic heterocycles. The zero-order valence-electron chi connectivity index (χ0n) is 13.4. The second-order valence-corrected chi connectivity index (χ2v) is 6.75. The lowest BCUT2D eigenvalue weighted by molar-refractivity contribution is 0.0740. The summed E-state index contributed by atoms with van der Waals surface area (Å²) in [6.45, 7) is 3.52. The van der Waals surface area contributed by atoms with Crippen LogP contribution in [0.25, 0.3) is 0 Å². The zero-order chi connectivity index (χ0) is 16.2. The Morgan fingerprint density at radius 3 is 2.87 bits per heavy atom. The van der Waals surface area contributed by atoms with Gasteiger partial charge in [-0.1, -0.05) is 25.5 Å². The number of thiophene rings is 1. The topological polar surface area (TPSA) is 37.4 Å². The van der Waals surface area contributed by atoms with E-state index in [1.54, 1.807) is 11.3 Å². The van der Waals surface area contributed by atoms with Gasteiger partial charge >= 0.3 is 0 Å². The Morgan fingerprint density at radius 1 is 1.26 bits per heavy atom. The quantitative estimate of drug-likeness (QED) is 0.792. The molecule has 0 N–H and O–H groups in total. The fourth-order valence-electron chi connectivity index (χ4n) is 3.07. The van der Waals surface area contributed by atoms with Crippen molar-refractivity contribution in [2.75, 3.05) is 6.54 Å². The lowest BCUT2D eigenvalue weighted by Gasteiger charge is -2.23. The normalized spacial score (nSPS) is 13.2. The lowest BCUT2D eigenvalue weighted by atomic mass is 10.0. The average Bonchev–Trinajstić information content (AvgIpc) is 3.21. The predicted octanol–water partition coefficient (Wildman–Crippen LogP) is 4.32. The minimum absolute atomic E-state index is 0.0520. The summed E-state index contributed by atoms with van der Waals surface area (Å²) in [5.41, 5.74) is 3.55. The summed E-state index contributed by atoms with van der Waals surface area (Å²) in [5, 5.41) is 4.13. The Kier molecular flexibility index (Phi) is 4.91. The van der Waals surface area contributed by atoms with Crippen LogP contribution in [0.4, 0.5) is 0 Å². The molecule has 0 bridgehead atoms. The Hall–Kier alpha value is -1.94. The van der Waals surface area contributed by atoms with E-state index in [0.717, 1.165) is 30.5 Å². The molecule has 0 atom stereocenters. The third-order valence-electron chi connectivity index (χ3n) is 4.33. The number of ketones is 1. The number of rotatable bonds is 6. The Balaban J connectivity index is 1.87. The van der Waals surface area contributed by atoms with Crippen LogP contribution in [-0.2, 0) is 13.0 Å². The molecule has 1 aliphatic carbocycles. The Labute approximate surface area is 140 Å². The molecular weight excluding hydrogens is 306 g/mol. The SMILES string of the molecule is CCCCN(Cc1ccsc1)C(=O)c1cccc2c1CCC2=O. The average molecular weight is 327 g/mol. The van der Waals surface area contributed by atoms with Crippen LogP contribution in [-0.4, -0.2) is 23.1 Å². The first kappa shape index (κ1) is 15.9. The van der Waals surface area contributed by atoms with Crippen molar-refractivity contribution in [3.05, 3.63) is 57.3 Å². The van der Waals surface area contributed by atoms with E-state index >= 15 is 0 Å². The molecule has 4 heteroatoms. The number of carbonyl (C=O) groups is 2. The molecular formula is C19H21NO2S. The first-order valence-corrected chi connectivity index (χ1v) is 9.10. The summed E-state index contributed by atoms with van der Waals surface area (Å²) in [4.78, 5) is 26.9. The second-order valence-electron chi connectivity index (χ2n) is 5.97. The number of Topliss-reactive ketones (excluding diaryl/α,β-unsaturated/α-hetero) is 1. The summed E-state index contributed by atoms with van der Waals surface area (Å²) in [6, 6.07) is 7.61. The van der Waals surface area contributed by atoms with E-state index in [1.165, 1.54) is 5.56 Å². The summed E-state index contributed by atoms with van der Waals surface area (Å²) in [7, 11) is 0. The van der Waals surface area contributed by atoms with Crippen molar-refractivity contribution in [1.29, 1.82) is 0 Å². The molecule has 0 saturated carbocycles. The number of hydrogen-bond acceptors (Lipinski definition) is 3. The molecule has 1 aliphatic rings. The smallest absolute Gasteiger partial charge is 0.254 e. The first-order valence-electron chi connectivity index (χ1n) is 8.16. The van der Waals surface area contributed by atoms with Crippen LogP contribution in [0.2, 0.25) is 0 Å². The van der Waals surface area contributed by atoms with Crippen molar-refractivity contribution < 1.29 is 9.59 Å². The molecule has 0 spiro atoms. The van der Waals surface area contributed by atoms with Crippen molar-refractivity contribution in [2.24, 2.45) is 0 Å². The molecule has 3 nitrogen and oxygen atoms in total. The van der Waals surface area contributed by atoms with Gasteiger partial charge in [0.1, 0.15) is 0 Å². The first-order chi connectivity index (χ1) is 11.2. The highest BCUT2D eigenvalue weighted by atomic mass is 32.1. The number of amides is 1. The van der Waals surface area contributed by atoms with E-state index in [-0.39, 0.29) is 11.7 Å². The molecule has 1 aromatic carbocycles. The van der Waals surface area contributed by atoms with E-state index in [4.69, 9.17) is 0 Å². The highest BCUT2D eigenvalue weighted by molar-refractivity contribution is 7.07. The van der Waals surface area contributed by atoms with E-state index in [9.17, 15) is 9.59 Å². The van der Waals surface area contributed by atoms with Crippen LogP contribution in [0.3, 0.4) is 0 Å². The van der Waals surface area contributed by atoms with E-state index in [0.29, 0.717) is 24.9 Å². The van der Waals surface area contributed by atoms with Crippen LogP contribution in [0, 0.1) is 0 Å². The van der Waals surface area contributed by atoms with Crippen molar-refractivity contribution in [2.45, 2.75) is 39.2 Å². The van der Waals surface area contributed by atoms with Crippen molar-refractivity contribution in [3.8, 4) is 0 Å². The van der Waals surface area contributed by atoms with Gasteiger partial charge in [-0.15, -0.1) is 0 Å². The number of fused-ring (bicyclic) bond motifs is 1. The molecule has 2 aromatic rings. The number of benzene rings is 1. The number of carbonyl (C=O) groups excluding carboxylic acids is 2. The van der Waals surface area contributed by atoms with E-state index < -0.39 is 0 Å². The van der Waals surface area contributed by atoms with Crippen LogP contribution in [0.15, 0.2) is 35.0 Å². The van der Waals surface area contributed by atoms with Crippen LogP contribution < -0.4 is 0 Å². The summed E-state index contributed by atoms with van der Waals surface area (Å²) in [6.07, 6.45) is 3.26. The van der Waals surface area contributed by atoms with Crippen LogP contribution in [0.5, 0.6) is 0 Å². The monoisotopic (exact) mass is 327 g/mol. The van der Waals surface area contributed by atoms with Gasteiger partial charge in [0.25, 0.3) is 5.91 Å². The van der Waals surface area contributed by atoms with Crippen molar-refractivity contribution >= 4 is 23.0 Å². The number of nitrogens with zero attached hydrogens (tertiary/aromatic N) is 1. The van der Waals surface area contributed by atoms with Gasteiger partial charge in [0.2, 0.25) is 0 Å². The summed E-state index contributed by atoms with van der Waals surface area (Å²) < 4.78 is 0. The molecule has 1 heterocycles. The molecule has 0 saturated heterocycles. The van der Waals surface area contributed by atoms with Crippen LogP contribution in [0.1, 0.15) is 58.0 Å². The third kappa shape index (κ3) is 3.37.